The standard InChI is InChI=1S/C10H6N2O2/c13-5-8-3-1-2-7-4-9(6-14)11-12-10(7)8/h1-6H. The summed E-state index contributed by atoms with van der Waals surface area (Å²) in [5.74, 6) is 0. The van der Waals surface area contributed by atoms with Crippen LogP contribution in [0.3, 0.4) is 0 Å². The van der Waals surface area contributed by atoms with Gasteiger partial charge in [-0.05, 0) is 12.1 Å². The van der Waals surface area contributed by atoms with Crippen molar-refractivity contribution in [3.63, 3.8) is 0 Å². The van der Waals surface area contributed by atoms with Gasteiger partial charge in [-0.3, -0.25) is 9.59 Å². The van der Waals surface area contributed by atoms with Gasteiger partial charge < -0.3 is 0 Å². The molecule has 4 nitrogen and oxygen atoms in total. The summed E-state index contributed by atoms with van der Waals surface area (Å²) in [5.41, 5.74) is 1.26. The molecule has 0 unspecified atom stereocenters. The molecule has 1 aromatic heterocycles. The summed E-state index contributed by atoms with van der Waals surface area (Å²) in [7, 11) is 0. The van der Waals surface area contributed by atoms with Crippen LogP contribution in [0, 0.1) is 0 Å². The summed E-state index contributed by atoms with van der Waals surface area (Å²) in [4.78, 5) is 21.1. The molecule has 1 aromatic carbocycles. The van der Waals surface area contributed by atoms with Crippen LogP contribution < -0.4 is 0 Å². The van der Waals surface area contributed by atoms with E-state index in [4.69, 9.17) is 0 Å². The lowest BCUT2D eigenvalue weighted by Gasteiger charge is -1.98. The second-order valence-electron chi connectivity index (χ2n) is 2.79. The minimum atomic E-state index is 0.264. The van der Waals surface area contributed by atoms with Crippen molar-refractivity contribution in [1.29, 1.82) is 0 Å². The Morgan fingerprint density at radius 2 is 1.93 bits per heavy atom. The van der Waals surface area contributed by atoms with E-state index in [1.165, 1.54) is 0 Å². The molecule has 0 saturated heterocycles. The average Bonchev–Trinajstić information content (AvgIpc) is 2.27. The van der Waals surface area contributed by atoms with Crippen LogP contribution in [-0.2, 0) is 0 Å². The van der Waals surface area contributed by atoms with Gasteiger partial charge in [0.05, 0.1) is 0 Å². The minimum Gasteiger partial charge on any atom is -0.298 e. The molecule has 68 valence electrons. The summed E-state index contributed by atoms with van der Waals surface area (Å²) in [6.07, 6.45) is 1.34. The number of nitrogens with zero attached hydrogens (tertiary/aromatic N) is 2. The first kappa shape index (κ1) is 8.50. The van der Waals surface area contributed by atoms with Gasteiger partial charge in [0.2, 0.25) is 0 Å². The first-order chi connectivity index (χ1) is 6.85. The van der Waals surface area contributed by atoms with Crippen LogP contribution in [0.1, 0.15) is 20.8 Å². The maximum Gasteiger partial charge on any atom is 0.170 e. The molecule has 0 aliphatic heterocycles. The van der Waals surface area contributed by atoms with Gasteiger partial charge in [-0.15, -0.1) is 10.2 Å². The molecule has 2 aromatic rings. The predicted octanol–water partition coefficient (Wildman–Crippen LogP) is 1.25. The molecule has 0 N–H and O–H groups in total. The zero-order chi connectivity index (χ0) is 9.97. The molecular weight excluding hydrogens is 180 g/mol. The molecule has 0 fully saturated rings. The van der Waals surface area contributed by atoms with E-state index >= 15 is 0 Å². The van der Waals surface area contributed by atoms with E-state index in [9.17, 15) is 9.59 Å². The molecule has 0 spiro atoms. The van der Waals surface area contributed by atoms with Crippen LogP contribution in [0.15, 0.2) is 24.3 Å². The van der Waals surface area contributed by atoms with Gasteiger partial charge >= 0.3 is 0 Å². The van der Waals surface area contributed by atoms with Gasteiger partial charge in [0.1, 0.15) is 11.2 Å². The van der Waals surface area contributed by atoms with Crippen molar-refractivity contribution in [2.24, 2.45) is 0 Å². The van der Waals surface area contributed by atoms with Gasteiger partial charge in [0.25, 0.3) is 0 Å². The Balaban J connectivity index is 2.79. The first-order valence-corrected chi connectivity index (χ1v) is 4.02. The van der Waals surface area contributed by atoms with Gasteiger partial charge in [0.15, 0.2) is 12.6 Å². The second-order valence-corrected chi connectivity index (χ2v) is 2.79. The van der Waals surface area contributed by atoms with Crippen LogP contribution in [0.25, 0.3) is 10.9 Å². The minimum absolute atomic E-state index is 0.264. The smallest absolute Gasteiger partial charge is 0.170 e. The summed E-state index contributed by atoms with van der Waals surface area (Å²) in [6.45, 7) is 0. The number of carbonyl (C=O) groups is 2. The lowest BCUT2D eigenvalue weighted by Crippen LogP contribution is -1.94. The van der Waals surface area contributed by atoms with Crippen LogP contribution in [0.5, 0.6) is 0 Å². The highest BCUT2D eigenvalue weighted by molar-refractivity contribution is 5.96. The molecule has 0 aliphatic rings. The quantitative estimate of drug-likeness (QED) is 0.662. The Labute approximate surface area is 79.6 Å². The van der Waals surface area contributed by atoms with Crippen LogP contribution in [0.2, 0.25) is 0 Å². The van der Waals surface area contributed by atoms with Crippen molar-refractivity contribution in [2.75, 3.05) is 0 Å². The van der Waals surface area contributed by atoms with Crippen molar-refractivity contribution >= 4 is 23.5 Å². The highest BCUT2D eigenvalue weighted by atomic mass is 16.1. The van der Waals surface area contributed by atoms with Crippen molar-refractivity contribution < 1.29 is 9.59 Å². The molecule has 0 aliphatic carbocycles. The lowest BCUT2D eigenvalue weighted by atomic mass is 10.1. The third kappa shape index (κ3) is 1.26. The SMILES string of the molecule is O=Cc1cc2cccc(C=O)c2nn1. The van der Waals surface area contributed by atoms with E-state index in [0.717, 1.165) is 11.7 Å². The number of benzene rings is 1. The van der Waals surface area contributed by atoms with Gasteiger partial charge in [0, 0.05) is 10.9 Å². The fraction of sp³-hybridized carbons (Fsp3) is 0. The second kappa shape index (κ2) is 3.33. The van der Waals surface area contributed by atoms with Gasteiger partial charge in [-0.2, -0.15) is 0 Å². The fourth-order valence-electron chi connectivity index (χ4n) is 1.26. The predicted molar refractivity (Wildman–Crippen MR) is 50.3 cm³/mol. The normalized spacial score (nSPS) is 10.0. The Morgan fingerprint density at radius 1 is 1.07 bits per heavy atom. The lowest BCUT2D eigenvalue weighted by molar-refractivity contribution is 0.111. The Bertz CT molecular complexity index is 508. The maximum atomic E-state index is 10.6. The Kier molecular flexibility index (Phi) is 2.02. The number of fused-ring (bicyclic) bond motifs is 1. The summed E-state index contributed by atoms with van der Waals surface area (Å²) < 4.78 is 0. The number of hydrogen-bond acceptors (Lipinski definition) is 4. The number of aromatic nitrogens is 2. The van der Waals surface area contributed by atoms with Crippen LogP contribution >= 0.6 is 0 Å². The van der Waals surface area contributed by atoms with E-state index in [1.54, 1.807) is 24.3 Å². The van der Waals surface area contributed by atoms with Crippen LogP contribution in [0.4, 0.5) is 0 Å². The Morgan fingerprint density at radius 3 is 2.64 bits per heavy atom. The molecule has 1 heterocycles. The number of rotatable bonds is 2. The van der Waals surface area contributed by atoms with Crippen molar-refractivity contribution in [1.82, 2.24) is 10.2 Å². The van der Waals surface area contributed by atoms with E-state index in [1.807, 2.05) is 0 Å². The van der Waals surface area contributed by atoms with Crippen molar-refractivity contribution in [3.05, 3.63) is 35.5 Å². The molecule has 0 saturated carbocycles. The van der Waals surface area contributed by atoms with Crippen molar-refractivity contribution in [2.45, 2.75) is 0 Å². The summed E-state index contributed by atoms with van der Waals surface area (Å²) >= 11 is 0. The largest absolute Gasteiger partial charge is 0.298 e. The third-order valence-corrected chi connectivity index (χ3v) is 1.92. The van der Waals surface area contributed by atoms with Crippen molar-refractivity contribution in [3.8, 4) is 0 Å². The Hall–Kier alpha value is -2.10. The topological polar surface area (TPSA) is 59.9 Å². The number of aldehydes is 2. The first-order valence-electron chi connectivity index (χ1n) is 4.02. The highest BCUT2D eigenvalue weighted by Gasteiger charge is 2.02. The maximum absolute atomic E-state index is 10.6. The zero-order valence-electron chi connectivity index (χ0n) is 7.18. The summed E-state index contributed by atoms with van der Waals surface area (Å²) in [5, 5.41) is 8.21. The molecule has 4 heteroatoms. The molecule has 0 bridgehead atoms. The monoisotopic (exact) mass is 186 g/mol. The molecule has 2 rings (SSSR count). The van der Waals surface area contributed by atoms with E-state index in [2.05, 4.69) is 10.2 Å². The molecule has 0 amide bonds. The number of hydrogen-bond donors (Lipinski definition) is 0. The van der Waals surface area contributed by atoms with Gasteiger partial charge in [-0.1, -0.05) is 12.1 Å². The van der Waals surface area contributed by atoms with Gasteiger partial charge in [-0.25, -0.2) is 0 Å². The third-order valence-electron chi connectivity index (χ3n) is 1.92. The van der Waals surface area contributed by atoms with E-state index < -0.39 is 0 Å². The highest BCUT2D eigenvalue weighted by Crippen LogP contribution is 2.14. The zero-order valence-corrected chi connectivity index (χ0v) is 7.18. The summed E-state index contributed by atoms with van der Waals surface area (Å²) in [6, 6.07) is 6.78. The van der Waals surface area contributed by atoms with E-state index in [0.29, 0.717) is 17.4 Å². The molecule has 0 atom stereocenters. The molecular formula is C10H6N2O2. The van der Waals surface area contributed by atoms with E-state index in [-0.39, 0.29) is 5.69 Å². The fourth-order valence-corrected chi connectivity index (χ4v) is 1.26. The number of carbonyl (C=O) groups excluding carboxylic acids is 2. The van der Waals surface area contributed by atoms with Crippen LogP contribution in [-0.4, -0.2) is 22.8 Å². The molecule has 0 radical (unpaired) electrons. The molecule has 14 heavy (non-hydrogen) atoms. The average molecular weight is 186 g/mol.